The first-order valence-corrected chi connectivity index (χ1v) is 7.16. The molecule has 2 rings (SSSR count). The predicted octanol–water partition coefficient (Wildman–Crippen LogP) is 2.80. The molecule has 1 atom stereocenters. The minimum absolute atomic E-state index is 0.0510. The Bertz CT molecular complexity index is 651. The molecule has 0 spiro atoms. The van der Waals surface area contributed by atoms with E-state index in [-0.39, 0.29) is 24.7 Å². The highest BCUT2D eigenvalue weighted by molar-refractivity contribution is 5.65. The SMILES string of the molecule is C[C@H]1CN(Cc2ccc([N+](=O)[O-])cc2C(F)(F)F)CCN1C(=O)O. The third-order valence-electron chi connectivity index (χ3n) is 3.96. The topological polar surface area (TPSA) is 86.9 Å². The van der Waals surface area contributed by atoms with Gasteiger partial charge in [-0.15, -0.1) is 0 Å². The number of amides is 1. The van der Waals surface area contributed by atoms with E-state index < -0.39 is 28.4 Å². The normalized spacial score (nSPS) is 19.3. The number of carbonyl (C=O) groups is 1. The lowest BCUT2D eigenvalue weighted by atomic mass is 10.0. The van der Waals surface area contributed by atoms with Crippen LogP contribution >= 0.6 is 0 Å². The first kappa shape index (κ1) is 18.0. The van der Waals surface area contributed by atoms with Gasteiger partial charge in [0, 0.05) is 44.4 Å². The van der Waals surface area contributed by atoms with Crippen LogP contribution in [-0.2, 0) is 12.7 Å². The Morgan fingerprint density at radius 3 is 2.58 bits per heavy atom. The largest absolute Gasteiger partial charge is 0.465 e. The molecule has 1 aliphatic rings. The van der Waals surface area contributed by atoms with E-state index in [2.05, 4.69) is 0 Å². The molecule has 0 saturated carbocycles. The number of non-ortho nitro benzene ring substituents is 1. The summed E-state index contributed by atoms with van der Waals surface area (Å²) >= 11 is 0. The number of halogens is 3. The fourth-order valence-corrected chi connectivity index (χ4v) is 2.78. The Morgan fingerprint density at radius 1 is 1.42 bits per heavy atom. The second-order valence-electron chi connectivity index (χ2n) is 5.66. The van der Waals surface area contributed by atoms with Crippen LogP contribution in [0.15, 0.2) is 18.2 Å². The number of rotatable bonds is 3. The fourth-order valence-electron chi connectivity index (χ4n) is 2.78. The zero-order valence-electron chi connectivity index (χ0n) is 12.8. The molecule has 132 valence electrons. The molecule has 1 aromatic rings. The lowest BCUT2D eigenvalue weighted by Gasteiger charge is -2.38. The maximum Gasteiger partial charge on any atom is 0.416 e. The number of alkyl halides is 3. The monoisotopic (exact) mass is 347 g/mol. The molecule has 0 aliphatic carbocycles. The number of benzene rings is 1. The summed E-state index contributed by atoms with van der Waals surface area (Å²) in [5.74, 6) is 0. The number of piperazine rings is 1. The summed E-state index contributed by atoms with van der Waals surface area (Å²) in [6, 6.07) is 2.34. The highest BCUT2D eigenvalue weighted by Gasteiger charge is 2.36. The van der Waals surface area contributed by atoms with Crippen molar-refractivity contribution in [3.63, 3.8) is 0 Å². The van der Waals surface area contributed by atoms with Crippen LogP contribution in [0.4, 0.5) is 23.7 Å². The van der Waals surface area contributed by atoms with Gasteiger partial charge < -0.3 is 10.0 Å². The minimum atomic E-state index is -4.70. The zero-order chi connectivity index (χ0) is 18.1. The van der Waals surface area contributed by atoms with Crippen LogP contribution in [0.3, 0.4) is 0 Å². The Kier molecular flexibility index (Phi) is 4.97. The predicted molar refractivity (Wildman–Crippen MR) is 77.6 cm³/mol. The number of hydrogen-bond donors (Lipinski definition) is 1. The summed E-state index contributed by atoms with van der Waals surface area (Å²) in [4.78, 5) is 23.8. The molecule has 1 saturated heterocycles. The number of nitrogens with zero attached hydrogens (tertiary/aromatic N) is 3. The second-order valence-corrected chi connectivity index (χ2v) is 5.66. The summed E-state index contributed by atoms with van der Waals surface area (Å²) < 4.78 is 39.5. The van der Waals surface area contributed by atoms with E-state index in [0.29, 0.717) is 19.2 Å². The molecule has 0 aromatic heterocycles. The van der Waals surface area contributed by atoms with Crippen molar-refractivity contribution in [2.75, 3.05) is 19.6 Å². The fraction of sp³-hybridized carbons (Fsp3) is 0.500. The summed E-state index contributed by atoms with van der Waals surface area (Å²) in [5.41, 5.74) is -1.72. The van der Waals surface area contributed by atoms with Crippen molar-refractivity contribution in [2.24, 2.45) is 0 Å². The van der Waals surface area contributed by atoms with Crippen molar-refractivity contribution in [3.8, 4) is 0 Å². The highest BCUT2D eigenvalue weighted by atomic mass is 19.4. The molecule has 0 radical (unpaired) electrons. The second kappa shape index (κ2) is 6.63. The number of nitro groups is 1. The van der Waals surface area contributed by atoms with Crippen molar-refractivity contribution < 1.29 is 28.0 Å². The molecule has 1 aromatic carbocycles. The molecule has 10 heteroatoms. The van der Waals surface area contributed by atoms with Gasteiger partial charge >= 0.3 is 12.3 Å². The molecule has 1 amide bonds. The van der Waals surface area contributed by atoms with E-state index in [1.165, 1.54) is 4.90 Å². The third kappa shape index (κ3) is 3.94. The van der Waals surface area contributed by atoms with Gasteiger partial charge in [0.25, 0.3) is 5.69 Å². The number of carboxylic acid groups (broad SMARTS) is 1. The van der Waals surface area contributed by atoms with Gasteiger partial charge in [-0.05, 0) is 12.5 Å². The smallest absolute Gasteiger partial charge is 0.416 e. The standard InChI is InChI=1S/C14H16F3N3O4/c1-9-7-18(4-5-19(9)13(21)22)8-10-2-3-11(20(23)24)6-12(10)14(15,16)17/h2-3,6,9H,4-5,7-8H2,1H3,(H,21,22)/t9-/m0/s1. The van der Waals surface area contributed by atoms with Crippen molar-refractivity contribution in [1.29, 1.82) is 0 Å². The van der Waals surface area contributed by atoms with Crippen LogP contribution in [0, 0.1) is 10.1 Å². The van der Waals surface area contributed by atoms with Gasteiger partial charge in [-0.25, -0.2) is 4.79 Å². The Hall–Kier alpha value is -2.36. The van der Waals surface area contributed by atoms with Crippen molar-refractivity contribution in [1.82, 2.24) is 9.80 Å². The zero-order valence-corrected chi connectivity index (χ0v) is 12.8. The molecule has 1 N–H and O–H groups in total. The molecule has 0 bridgehead atoms. The van der Waals surface area contributed by atoms with E-state index in [0.717, 1.165) is 12.1 Å². The molecule has 1 aliphatic heterocycles. The Labute approximate surface area is 135 Å². The number of hydrogen-bond acceptors (Lipinski definition) is 4. The van der Waals surface area contributed by atoms with Gasteiger partial charge in [0.1, 0.15) is 0 Å². The first-order valence-electron chi connectivity index (χ1n) is 7.16. The van der Waals surface area contributed by atoms with E-state index in [1.54, 1.807) is 11.8 Å². The molecule has 24 heavy (non-hydrogen) atoms. The maximum absolute atomic E-state index is 13.2. The van der Waals surface area contributed by atoms with Crippen LogP contribution in [-0.4, -0.2) is 51.6 Å². The third-order valence-corrected chi connectivity index (χ3v) is 3.96. The Balaban J connectivity index is 2.21. The van der Waals surface area contributed by atoms with Crippen LogP contribution in [0.25, 0.3) is 0 Å². The van der Waals surface area contributed by atoms with Crippen molar-refractivity contribution in [3.05, 3.63) is 39.4 Å². The van der Waals surface area contributed by atoms with Gasteiger partial charge in [-0.2, -0.15) is 13.2 Å². The van der Waals surface area contributed by atoms with E-state index in [1.807, 2.05) is 0 Å². The quantitative estimate of drug-likeness (QED) is 0.671. The first-order chi connectivity index (χ1) is 11.1. The van der Waals surface area contributed by atoms with Gasteiger partial charge in [0.2, 0.25) is 0 Å². The van der Waals surface area contributed by atoms with E-state index in [4.69, 9.17) is 5.11 Å². The highest BCUT2D eigenvalue weighted by Crippen LogP contribution is 2.35. The molecular formula is C14H16F3N3O4. The van der Waals surface area contributed by atoms with Crippen LogP contribution < -0.4 is 0 Å². The van der Waals surface area contributed by atoms with Crippen molar-refractivity contribution >= 4 is 11.8 Å². The van der Waals surface area contributed by atoms with Gasteiger partial charge in [-0.1, -0.05) is 6.07 Å². The van der Waals surface area contributed by atoms with Crippen molar-refractivity contribution in [2.45, 2.75) is 25.7 Å². The van der Waals surface area contributed by atoms with Crippen LogP contribution in [0.1, 0.15) is 18.1 Å². The van der Waals surface area contributed by atoms with Gasteiger partial charge in [0.15, 0.2) is 0 Å². The molecule has 1 fully saturated rings. The van der Waals surface area contributed by atoms with Crippen LogP contribution in [0.5, 0.6) is 0 Å². The van der Waals surface area contributed by atoms with Gasteiger partial charge in [0.05, 0.1) is 10.5 Å². The minimum Gasteiger partial charge on any atom is -0.465 e. The molecule has 0 unspecified atom stereocenters. The van der Waals surface area contributed by atoms with Crippen LogP contribution in [0.2, 0.25) is 0 Å². The number of nitro benzene ring substituents is 1. The summed E-state index contributed by atoms with van der Waals surface area (Å²) in [6.07, 6.45) is -5.76. The summed E-state index contributed by atoms with van der Waals surface area (Å²) in [6.45, 7) is 2.42. The van der Waals surface area contributed by atoms with E-state index >= 15 is 0 Å². The summed E-state index contributed by atoms with van der Waals surface area (Å²) in [7, 11) is 0. The van der Waals surface area contributed by atoms with Gasteiger partial charge in [-0.3, -0.25) is 15.0 Å². The lowest BCUT2D eigenvalue weighted by Crippen LogP contribution is -2.53. The molecule has 7 nitrogen and oxygen atoms in total. The molecular weight excluding hydrogens is 331 g/mol. The lowest BCUT2D eigenvalue weighted by molar-refractivity contribution is -0.385. The average molecular weight is 347 g/mol. The average Bonchev–Trinajstić information content (AvgIpc) is 2.45. The maximum atomic E-state index is 13.2. The molecule has 1 heterocycles. The summed E-state index contributed by atoms with van der Waals surface area (Å²) in [5, 5.41) is 19.7. The Morgan fingerprint density at radius 2 is 2.08 bits per heavy atom. The van der Waals surface area contributed by atoms with E-state index in [9.17, 15) is 28.1 Å².